The van der Waals surface area contributed by atoms with Gasteiger partial charge in [-0.15, -0.1) is 0 Å². The van der Waals surface area contributed by atoms with Crippen molar-refractivity contribution in [1.29, 1.82) is 5.26 Å². The van der Waals surface area contributed by atoms with E-state index < -0.39 is 0 Å². The lowest BCUT2D eigenvalue weighted by Gasteiger charge is -2.24. The maximum absolute atomic E-state index is 11.9. The van der Waals surface area contributed by atoms with Crippen LogP contribution in [0.1, 0.15) is 37.1 Å². The average molecular weight is 316 g/mol. The summed E-state index contributed by atoms with van der Waals surface area (Å²) in [6.45, 7) is 3.79. The number of fused-ring (bicyclic) bond motifs is 3. The van der Waals surface area contributed by atoms with Gasteiger partial charge in [0.15, 0.2) is 0 Å². The molecule has 1 aromatic carbocycles. The Morgan fingerprint density at radius 3 is 2.95 bits per heavy atom. The highest BCUT2D eigenvalue weighted by Gasteiger charge is 2.25. The van der Waals surface area contributed by atoms with Gasteiger partial charge < -0.3 is 10.3 Å². The molecule has 1 aliphatic rings. The first-order valence-electron chi connectivity index (χ1n) is 7.53. The molecule has 0 fully saturated rings. The van der Waals surface area contributed by atoms with Gasteiger partial charge in [-0.2, -0.15) is 5.26 Å². The van der Waals surface area contributed by atoms with E-state index in [1.54, 1.807) is 6.07 Å². The van der Waals surface area contributed by atoms with Crippen LogP contribution in [0.2, 0.25) is 5.02 Å². The largest absolute Gasteiger partial charge is 0.358 e. The Labute approximate surface area is 134 Å². The molecule has 114 valence electrons. The van der Waals surface area contributed by atoms with Crippen LogP contribution in [0.15, 0.2) is 12.1 Å². The molecule has 1 amide bonds. The van der Waals surface area contributed by atoms with Crippen molar-refractivity contribution in [2.45, 2.75) is 39.2 Å². The van der Waals surface area contributed by atoms with E-state index in [0.29, 0.717) is 10.6 Å². The van der Waals surface area contributed by atoms with Gasteiger partial charge in [0, 0.05) is 28.6 Å². The second-order valence-corrected chi connectivity index (χ2v) is 6.52. The van der Waals surface area contributed by atoms with Crippen LogP contribution in [0, 0.1) is 17.2 Å². The number of hydrogen-bond acceptors (Lipinski definition) is 2. The van der Waals surface area contributed by atoms with Crippen molar-refractivity contribution in [2.75, 3.05) is 0 Å². The van der Waals surface area contributed by atoms with Gasteiger partial charge in [0.2, 0.25) is 5.91 Å². The van der Waals surface area contributed by atoms with Crippen LogP contribution in [-0.2, 0) is 17.6 Å². The van der Waals surface area contributed by atoms with Gasteiger partial charge in [-0.05, 0) is 37.0 Å². The molecule has 1 aliphatic carbocycles. The van der Waals surface area contributed by atoms with Crippen LogP contribution < -0.4 is 5.32 Å². The van der Waals surface area contributed by atoms with Crippen LogP contribution in [0.3, 0.4) is 0 Å². The minimum absolute atomic E-state index is 0.0156. The fraction of sp³-hybridized carbons (Fsp3) is 0.412. The van der Waals surface area contributed by atoms with Gasteiger partial charge in [0.25, 0.3) is 0 Å². The van der Waals surface area contributed by atoms with E-state index in [0.717, 1.165) is 35.7 Å². The average Bonchev–Trinajstić information content (AvgIpc) is 2.86. The number of benzene rings is 1. The summed E-state index contributed by atoms with van der Waals surface area (Å²) in [7, 11) is 0. The molecule has 4 nitrogen and oxygen atoms in total. The fourth-order valence-electron chi connectivity index (χ4n) is 3.05. The molecule has 0 saturated heterocycles. The molecule has 2 aromatic rings. The maximum atomic E-state index is 11.9. The van der Waals surface area contributed by atoms with Crippen molar-refractivity contribution in [1.82, 2.24) is 10.3 Å². The van der Waals surface area contributed by atoms with E-state index in [9.17, 15) is 4.79 Å². The van der Waals surface area contributed by atoms with Crippen molar-refractivity contribution >= 4 is 28.4 Å². The normalized spacial score (nSPS) is 17.3. The third-order valence-corrected chi connectivity index (χ3v) is 4.67. The van der Waals surface area contributed by atoms with E-state index in [1.165, 1.54) is 5.69 Å². The van der Waals surface area contributed by atoms with Crippen LogP contribution in [0.5, 0.6) is 0 Å². The minimum Gasteiger partial charge on any atom is -0.358 e. The topological polar surface area (TPSA) is 68.7 Å². The molecular formula is C17H18ClN3O. The number of hydrogen-bond donors (Lipinski definition) is 2. The van der Waals surface area contributed by atoms with Crippen LogP contribution in [0.4, 0.5) is 0 Å². The number of aromatic amines is 1. The Morgan fingerprint density at radius 2 is 2.27 bits per heavy atom. The summed E-state index contributed by atoms with van der Waals surface area (Å²) < 4.78 is 0. The van der Waals surface area contributed by atoms with Gasteiger partial charge in [0.1, 0.15) is 6.07 Å². The van der Waals surface area contributed by atoms with Crippen molar-refractivity contribution in [3.8, 4) is 6.07 Å². The van der Waals surface area contributed by atoms with Gasteiger partial charge in [-0.1, -0.05) is 25.4 Å². The Hall–Kier alpha value is -1.99. The molecule has 1 aromatic heterocycles. The summed E-state index contributed by atoms with van der Waals surface area (Å²) in [6, 6.07) is 5.90. The van der Waals surface area contributed by atoms with Gasteiger partial charge in [-0.3, -0.25) is 4.79 Å². The lowest BCUT2D eigenvalue weighted by Crippen LogP contribution is -2.40. The number of carbonyl (C=O) groups excluding carboxylic acids is 1. The SMILES string of the molecule is CC(C)C(=O)NC1CCc2[nH]c3ccc(C#N)c(Cl)c3c2C1. The Bertz CT molecular complexity index is 785. The second kappa shape index (κ2) is 5.66. The molecule has 1 heterocycles. The smallest absolute Gasteiger partial charge is 0.222 e. The van der Waals surface area contributed by atoms with Crippen molar-refractivity contribution in [2.24, 2.45) is 5.92 Å². The summed E-state index contributed by atoms with van der Waals surface area (Å²) in [5, 5.41) is 13.7. The third-order valence-electron chi connectivity index (χ3n) is 4.28. The van der Waals surface area contributed by atoms with E-state index in [4.69, 9.17) is 16.9 Å². The molecule has 1 atom stereocenters. The highest BCUT2D eigenvalue weighted by molar-refractivity contribution is 6.37. The second-order valence-electron chi connectivity index (χ2n) is 6.15. The molecule has 0 spiro atoms. The van der Waals surface area contributed by atoms with E-state index in [1.807, 2.05) is 19.9 Å². The number of rotatable bonds is 2. The lowest BCUT2D eigenvalue weighted by atomic mass is 9.90. The fourth-order valence-corrected chi connectivity index (χ4v) is 3.37. The number of amides is 1. The van der Waals surface area contributed by atoms with E-state index in [2.05, 4.69) is 16.4 Å². The predicted molar refractivity (Wildman–Crippen MR) is 86.8 cm³/mol. The van der Waals surface area contributed by atoms with Crippen LogP contribution in [-0.4, -0.2) is 16.9 Å². The predicted octanol–water partition coefficient (Wildman–Crippen LogP) is 3.32. The number of aromatic nitrogens is 1. The number of carbonyl (C=O) groups is 1. The summed E-state index contributed by atoms with van der Waals surface area (Å²) in [6.07, 6.45) is 2.55. The molecule has 22 heavy (non-hydrogen) atoms. The maximum Gasteiger partial charge on any atom is 0.222 e. The minimum atomic E-state index is -0.0156. The number of H-pyrrole nitrogens is 1. The van der Waals surface area contributed by atoms with Crippen molar-refractivity contribution < 1.29 is 4.79 Å². The summed E-state index contributed by atoms with van der Waals surface area (Å²) in [5.41, 5.74) is 3.76. The number of nitrogens with one attached hydrogen (secondary N) is 2. The molecule has 0 aliphatic heterocycles. The zero-order valence-electron chi connectivity index (χ0n) is 12.7. The first-order chi connectivity index (χ1) is 10.5. The van der Waals surface area contributed by atoms with E-state index >= 15 is 0 Å². The molecule has 1 unspecified atom stereocenters. The molecule has 0 bridgehead atoms. The number of nitriles is 1. The zero-order chi connectivity index (χ0) is 15.9. The van der Waals surface area contributed by atoms with Gasteiger partial charge >= 0.3 is 0 Å². The Morgan fingerprint density at radius 1 is 1.50 bits per heavy atom. The summed E-state index contributed by atoms with van der Waals surface area (Å²) in [5.74, 6) is 0.0650. The Kier molecular flexibility index (Phi) is 3.84. The molecule has 2 N–H and O–H groups in total. The molecular weight excluding hydrogens is 298 g/mol. The molecule has 3 rings (SSSR count). The highest BCUT2D eigenvalue weighted by Crippen LogP contribution is 2.35. The van der Waals surface area contributed by atoms with Gasteiger partial charge in [0.05, 0.1) is 10.6 Å². The third kappa shape index (κ3) is 2.46. The molecule has 5 heteroatoms. The van der Waals surface area contributed by atoms with Crippen molar-refractivity contribution in [3.05, 3.63) is 34.0 Å². The van der Waals surface area contributed by atoms with Crippen LogP contribution in [0.25, 0.3) is 10.9 Å². The van der Waals surface area contributed by atoms with Crippen LogP contribution >= 0.6 is 11.6 Å². The summed E-state index contributed by atoms with van der Waals surface area (Å²) in [4.78, 5) is 15.3. The quantitative estimate of drug-likeness (QED) is 0.892. The Balaban J connectivity index is 1.98. The van der Waals surface area contributed by atoms with E-state index in [-0.39, 0.29) is 17.9 Å². The zero-order valence-corrected chi connectivity index (χ0v) is 13.4. The molecule has 0 radical (unpaired) electrons. The standard InChI is InChI=1S/C17H18ClN3O/c1-9(2)17(22)20-11-4-6-13-12(7-11)15-14(21-13)5-3-10(8-19)16(15)18/h3,5,9,11,21H,4,6-7H2,1-2H3,(H,20,22). The number of nitrogens with zero attached hydrogens (tertiary/aromatic N) is 1. The number of halogens is 1. The monoisotopic (exact) mass is 315 g/mol. The lowest BCUT2D eigenvalue weighted by molar-refractivity contribution is -0.124. The number of aryl methyl sites for hydroxylation is 1. The first kappa shape index (κ1) is 14.9. The molecule has 0 saturated carbocycles. The van der Waals surface area contributed by atoms with Crippen molar-refractivity contribution in [3.63, 3.8) is 0 Å². The summed E-state index contributed by atoms with van der Waals surface area (Å²) >= 11 is 6.39. The van der Waals surface area contributed by atoms with Gasteiger partial charge in [-0.25, -0.2) is 0 Å². The highest BCUT2D eigenvalue weighted by atomic mass is 35.5. The first-order valence-corrected chi connectivity index (χ1v) is 7.91.